The molecule has 0 spiro atoms. The minimum absolute atomic E-state index is 0.562. The van der Waals surface area contributed by atoms with Crippen LogP contribution in [0.2, 0.25) is 0 Å². The monoisotopic (exact) mass is 289 g/mol. The molecule has 1 saturated heterocycles. The summed E-state index contributed by atoms with van der Waals surface area (Å²) in [5, 5.41) is 3.75. The van der Waals surface area contributed by atoms with E-state index in [0.717, 1.165) is 17.5 Å². The van der Waals surface area contributed by atoms with Gasteiger partial charge in [0.25, 0.3) is 0 Å². The molecule has 0 aromatic carbocycles. The lowest BCUT2D eigenvalue weighted by Crippen LogP contribution is -2.56. The van der Waals surface area contributed by atoms with E-state index < -0.39 is 0 Å². The van der Waals surface area contributed by atoms with Crippen molar-refractivity contribution in [1.29, 1.82) is 0 Å². The van der Waals surface area contributed by atoms with E-state index in [1.807, 2.05) is 6.07 Å². The van der Waals surface area contributed by atoms with Crippen LogP contribution in [-0.4, -0.2) is 42.2 Å². The van der Waals surface area contributed by atoms with Crippen molar-refractivity contribution in [1.82, 2.24) is 9.88 Å². The van der Waals surface area contributed by atoms with Crippen molar-refractivity contribution in [2.24, 2.45) is 11.8 Å². The molecule has 3 rings (SSSR count). The summed E-state index contributed by atoms with van der Waals surface area (Å²) in [5.74, 6) is 2.19. The van der Waals surface area contributed by atoms with Gasteiger partial charge in [0.05, 0.1) is 12.8 Å². The molecular weight excluding hydrogens is 262 g/mol. The maximum absolute atomic E-state index is 5.38. The fourth-order valence-corrected chi connectivity index (χ4v) is 3.97. The molecule has 4 nitrogen and oxygen atoms in total. The number of nitrogens with zero attached hydrogens (tertiary/aromatic N) is 2. The minimum Gasteiger partial charge on any atom is -0.480 e. The lowest BCUT2D eigenvalue weighted by atomic mass is 9.73. The zero-order valence-corrected chi connectivity index (χ0v) is 13.4. The van der Waals surface area contributed by atoms with Gasteiger partial charge in [-0.25, -0.2) is 4.98 Å². The van der Waals surface area contributed by atoms with Crippen LogP contribution in [-0.2, 0) is 0 Å². The highest BCUT2D eigenvalue weighted by molar-refractivity contribution is 5.53. The molecule has 4 heteroatoms. The van der Waals surface area contributed by atoms with E-state index in [-0.39, 0.29) is 0 Å². The molecule has 2 fully saturated rings. The third-order valence-corrected chi connectivity index (χ3v) is 5.12. The van der Waals surface area contributed by atoms with Gasteiger partial charge in [0.1, 0.15) is 0 Å². The summed E-state index contributed by atoms with van der Waals surface area (Å²) in [6.07, 6.45) is 5.83. The van der Waals surface area contributed by atoms with E-state index in [4.69, 9.17) is 4.74 Å². The number of pyridine rings is 1. The number of methoxy groups -OCH3 is 1. The van der Waals surface area contributed by atoms with Crippen LogP contribution < -0.4 is 10.1 Å². The van der Waals surface area contributed by atoms with E-state index in [1.54, 1.807) is 13.3 Å². The molecular formula is C17H27N3O. The molecule has 1 saturated carbocycles. The average molecular weight is 289 g/mol. The van der Waals surface area contributed by atoms with E-state index in [9.17, 15) is 0 Å². The lowest BCUT2D eigenvalue weighted by Gasteiger charge is -2.49. The highest BCUT2D eigenvalue weighted by atomic mass is 16.5. The molecule has 1 aromatic heterocycles. The Balaban J connectivity index is 1.76. The van der Waals surface area contributed by atoms with Crippen molar-refractivity contribution in [3.63, 3.8) is 0 Å². The van der Waals surface area contributed by atoms with Gasteiger partial charge in [0.2, 0.25) is 5.88 Å². The second-order valence-corrected chi connectivity index (χ2v) is 6.73. The molecule has 21 heavy (non-hydrogen) atoms. The Kier molecular flexibility index (Phi) is 4.34. The molecule has 1 aromatic rings. The van der Waals surface area contributed by atoms with Crippen molar-refractivity contribution in [2.45, 2.75) is 45.2 Å². The third-order valence-electron chi connectivity index (χ3n) is 5.12. The van der Waals surface area contributed by atoms with Crippen LogP contribution in [0.4, 0.5) is 5.69 Å². The van der Waals surface area contributed by atoms with E-state index in [0.29, 0.717) is 18.0 Å². The topological polar surface area (TPSA) is 37.4 Å². The van der Waals surface area contributed by atoms with Crippen LogP contribution >= 0.6 is 0 Å². The zero-order valence-electron chi connectivity index (χ0n) is 13.4. The number of rotatable bonds is 4. The molecule has 1 N–H and O–H groups in total. The summed E-state index contributed by atoms with van der Waals surface area (Å²) < 4.78 is 5.38. The third kappa shape index (κ3) is 3.00. The van der Waals surface area contributed by atoms with Gasteiger partial charge in [-0.15, -0.1) is 0 Å². The molecule has 1 aliphatic heterocycles. The summed E-state index contributed by atoms with van der Waals surface area (Å²) in [6.45, 7) is 7.06. The molecule has 1 aliphatic carbocycles. The Labute approximate surface area is 127 Å². The first kappa shape index (κ1) is 14.6. The summed E-state index contributed by atoms with van der Waals surface area (Å²) in [4.78, 5) is 6.95. The number of nitrogens with one attached hydrogen (secondary N) is 1. The molecule has 2 unspecified atom stereocenters. The largest absolute Gasteiger partial charge is 0.480 e. The van der Waals surface area contributed by atoms with Gasteiger partial charge in [-0.05, 0) is 50.7 Å². The van der Waals surface area contributed by atoms with Crippen molar-refractivity contribution in [3.8, 4) is 5.88 Å². The smallest absolute Gasteiger partial charge is 0.237 e. The fraction of sp³-hybridized carbons (Fsp3) is 0.706. The Morgan fingerprint density at radius 2 is 2.00 bits per heavy atom. The van der Waals surface area contributed by atoms with Crippen molar-refractivity contribution in [2.75, 3.05) is 25.5 Å². The normalized spacial score (nSPS) is 29.4. The molecule has 2 aliphatic rings. The Morgan fingerprint density at radius 1 is 1.29 bits per heavy atom. The van der Waals surface area contributed by atoms with Crippen LogP contribution in [0.1, 0.15) is 33.1 Å². The highest BCUT2D eigenvalue weighted by Crippen LogP contribution is 2.38. The lowest BCUT2D eigenvalue weighted by molar-refractivity contribution is 0.0517. The zero-order chi connectivity index (χ0) is 14.8. The van der Waals surface area contributed by atoms with Gasteiger partial charge in [0, 0.05) is 31.4 Å². The van der Waals surface area contributed by atoms with Gasteiger partial charge in [-0.3, -0.25) is 0 Å². The average Bonchev–Trinajstić information content (AvgIpc) is 2.47. The number of ether oxygens (including phenoxy) is 1. The maximum Gasteiger partial charge on any atom is 0.237 e. The molecule has 2 bridgehead atoms. The Morgan fingerprint density at radius 3 is 2.62 bits per heavy atom. The van der Waals surface area contributed by atoms with Crippen LogP contribution in [0.25, 0.3) is 0 Å². The second kappa shape index (κ2) is 6.22. The second-order valence-electron chi connectivity index (χ2n) is 6.73. The van der Waals surface area contributed by atoms with Gasteiger partial charge in [0.15, 0.2) is 0 Å². The number of aromatic nitrogens is 1. The number of piperidine rings is 1. The summed E-state index contributed by atoms with van der Waals surface area (Å²) >= 11 is 0. The summed E-state index contributed by atoms with van der Waals surface area (Å²) in [5.41, 5.74) is 1.04. The molecule has 2 atom stereocenters. The molecule has 0 amide bonds. The van der Waals surface area contributed by atoms with Crippen LogP contribution in [0, 0.1) is 11.8 Å². The quantitative estimate of drug-likeness (QED) is 0.924. The van der Waals surface area contributed by atoms with Gasteiger partial charge < -0.3 is 15.0 Å². The van der Waals surface area contributed by atoms with Crippen LogP contribution in [0.15, 0.2) is 18.3 Å². The summed E-state index contributed by atoms with van der Waals surface area (Å²) in [6, 6.07) is 5.27. The standard InChI is InChI=1S/C17H27N3O/c1-12(2)20-10-13-6-4-7-14(11-20)16(13)19-15-8-5-9-18-17(15)21-3/h5,8-9,12-14,16,19H,4,6-7,10-11H2,1-3H3. The Hall–Kier alpha value is -1.29. The molecule has 116 valence electrons. The van der Waals surface area contributed by atoms with Crippen LogP contribution in [0.5, 0.6) is 5.88 Å². The van der Waals surface area contributed by atoms with E-state index >= 15 is 0 Å². The fourth-order valence-electron chi connectivity index (χ4n) is 3.97. The highest BCUT2D eigenvalue weighted by Gasteiger charge is 2.40. The van der Waals surface area contributed by atoms with E-state index in [1.165, 1.54) is 32.4 Å². The number of likely N-dealkylation sites (tertiary alicyclic amines) is 1. The molecule has 2 heterocycles. The Bertz CT molecular complexity index is 463. The van der Waals surface area contributed by atoms with Gasteiger partial charge >= 0.3 is 0 Å². The van der Waals surface area contributed by atoms with Crippen LogP contribution in [0.3, 0.4) is 0 Å². The first-order valence-electron chi connectivity index (χ1n) is 8.18. The number of hydrogen-bond donors (Lipinski definition) is 1. The first-order valence-corrected chi connectivity index (χ1v) is 8.18. The van der Waals surface area contributed by atoms with Crippen molar-refractivity contribution < 1.29 is 4.74 Å². The van der Waals surface area contributed by atoms with Crippen molar-refractivity contribution >= 4 is 5.69 Å². The number of fused-ring (bicyclic) bond motifs is 2. The van der Waals surface area contributed by atoms with Gasteiger partial charge in [-0.1, -0.05) is 6.42 Å². The predicted octanol–water partition coefficient (Wildman–Crippen LogP) is 3.01. The number of anilines is 1. The number of hydrogen-bond acceptors (Lipinski definition) is 4. The minimum atomic E-state index is 0.562. The van der Waals surface area contributed by atoms with Gasteiger partial charge in [-0.2, -0.15) is 0 Å². The maximum atomic E-state index is 5.38. The molecule has 0 radical (unpaired) electrons. The predicted molar refractivity (Wildman–Crippen MR) is 85.7 cm³/mol. The van der Waals surface area contributed by atoms with Crippen molar-refractivity contribution in [3.05, 3.63) is 18.3 Å². The SMILES string of the molecule is COc1ncccc1NC1C2CCCC1CN(C(C)C)C2. The first-order chi connectivity index (χ1) is 10.2. The van der Waals surface area contributed by atoms with E-state index in [2.05, 4.69) is 35.1 Å². The summed E-state index contributed by atoms with van der Waals surface area (Å²) in [7, 11) is 1.69.